The zero-order chi connectivity index (χ0) is 16.7. The predicted octanol–water partition coefficient (Wildman–Crippen LogP) is 3.34. The molecule has 4 nitrogen and oxygen atoms in total. The molecule has 130 valence electrons. The summed E-state index contributed by atoms with van der Waals surface area (Å²) in [4.78, 5) is 0. The zero-order valence-electron chi connectivity index (χ0n) is 15.3. The maximum Gasteiger partial charge on any atom is 0.192 e. The van der Waals surface area contributed by atoms with Crippen molar-refractivity contribution in [2.45, 2.75) is 96.1 Å². The molecule has 0 aliphatic carbocycles. The summed E-state index contributed by atoms with van der Waals surface area (Å²) in [6.07, 6.45) is 1.44. The van der Waals surface area contributed by atoms with Gasteiger partial charge in [0, 0.05) is 0 Å². The second-order valence-electron chi connectivity index (χ2n) is 8.26. The summed E-state index contributed by atoms with van der Waals surface area (Å²) in [6, 6.07) is 0. The molecule has 0 radical (unpaired) electrons. The van der Waals surface area contributed by atoms with Gasteiger partial charge in [0.1, 0.15) is 24.4 Å². The van der Waals surface area contributed by atoms with Crippen LogP contribution < -0.4 is 0 Å². The number of aliphatic hydroxyl groups excluding tert-OH is 1. The summed E-state index contributed by atoms with van der Waals surface area (Å²) < 4.78 is 18.0. The molecule has 2 saturated heterocycles. The van der Waals surface area contributed by atoms with Crippen molar-refractivity contribution in [2.75, 3.05) is 6.61 Å². The molecule has 0 amide bonds. The second-order valence-corrected chi connectivity index (χ2v) is 12.9. The van der Waals surface area contributed by atoms with E-state index in [0.717, 1.165) is 12.8 Å². The van der Waals surface area contributed by atoms with Crippen molar-refractivity contribution in [1.29, 1.82) is 0 Å². The summed E-state index contributed by atoms with van der Waals surface area (Å²) in [5.74, 6) is 0.565. The molecule has 2 heterocycles. The lowest BCUT2D eigenvalue weighted by atomic mass is 9.99. The second kappa shape index (κ2) is 6.52. The van der Waals surface area contributed by atoms with E-state index in [2.05, 4.69) is 47.7 Å². The van der Waals surface area contributed by atoms with E-state index in [1.165, 1.54) is 0 Å². The highest BCUT2D eigenvalue weighted by molar-refractivity contribution is 6.74. The summed E-state index contributed by atoms with van der Waals surface area (Å²) >= 11 is 0. The van der Waals surface area contributed by atoms with E-state index < -0.39 is 14.4 Å². The van der Waals surface area contributed by atoms with Gasteiger partial charge in [-0.3, -0.25) is 0 Å². The number of ether oxygens (including phenoxy) is 2. The Kier molecular flexibility index (Phi) is 5.45. The Bertz CT molecular complexity index is 383. The van der Waals surface area contributed by atoms with Crippen molar-refractivity contribution in [3.8, 4) is 0 Å². The van der Waals surface area contributed by atoms with Crippen LogP contribution in [0.15, 0.2) is 0 Å². The molecule has 0 unspecified atom stereocenters. The lowest BCUT2D eigenvalue weighted by molar-refractivity contribution is -0.118. The fraction of sp³-hybridized carbons (Fsp3) is 1.00. The SMILES string of the molecule is CCC[C@H]1O[C@H](CO[Si](C)(C)C(C)(C)C(C)C)[C@@H](O)[C@@H]2O[C@@H]21. The molecule has 0 aromatic carbocycles. The van der Waals surface area contributed by atoms with Crippen LogP contribution in [-0.2, 0) is 13.9 Å². The molecule has 0 aromatic heterocycles. The third-order valence-electron chi connectivity index (χ3n) is 6.17. The van der Waals surface area contributed by atoms with Crippen molar-refractivity contribution >= 4 is 8.32 Å². The molecule has 0 aromatic rings. The quantitative estimate of drug-likeness (QED) is 0.574. The van der Waals surface area contributed by atoms with Crippen LogP contribution in [0.1, 0.15) is 47.5 Å². The van der Waals surface area contributed by atoms with Gasteiger partial charge in [-0.15, -0.1) is 0 Å². The number of rotatable bonds is 7. The molecule has 2 rings (SSSR count). The van der Waals surface area contributed by atoms with Gasteiger partial charge in [0.2, 0.25) is 0 Å². The van der Waals surface area contributed by atoms with Gasteiger partial charge in [-0.1, -0.05) is 41.0 Å². The summed E-state index contributed by atoms with van der Waals surface area (Å²) in [5.41, 5.74) is 0. The van der Waals surface area contributed by atoms with Crippen LogP contribution in [0.2, 0.25) is 18.1 Å². The molecule has 0 spiro atoms. The van der Waals surface area contributed by atoms with E-state index in [9.17, 15) is 5.11 Å². The van der Waals surface area contributed by atoms with E-state index in [1.807, 2.05) is 0 Å². The van der Waals surface area contributed by atoms with Gasteiger partial charge in [0.05, 0.1) is 12.7 Å². The van der Waals surface area contributed by atoms with Crippen LogP contribution in [0.25, 0.3) is 0 Å². The van der Waals surface area contributed by atoms with Gasteiger partial charge in [-0.05, 0) is 30.5 Å². The number of epoxide rings is 1. The third kappa shape index (κ3) is 3.43. The highest BCUT2D eigenvalue weighted by Gasteiger charge is 2.57. The van der Waals surface area contributed by atoms with Crippen molar-refractivity contribution in [3.05, 3.63) is 0 Å². The molecule has 22 heavy (non-hydrogen) atoms. The van der Waals surface area contributed by atoms with E-state index >= 15 is 0 Å². The first kappa shape index (κ1) is 18.4. The Hall–Kier alpha value is 0.0569. The van der Waals surface area contributed by atoms with Gasteiger partial charge in [0.25, 0.3) is 0 Å². The van der Waals surface area contributed by atoms with E-state index in [-0.39, 0.29) is 29.5 Å². The first-order valence-electron chi connectivity index (χ1n) is 8.74. The third-order valence-corrected chi connectivity index (χ3v) is 10.7. The van der Waals surface area contributed by atoms with Gasteiger partial charge < -0.3 is 19.0 Å². The molecule has 1 N–H and O–H groups in total. The fourth-order valence-electron chi connectivity index (χ4n) is 3.13. The normalized spacial score (nSPS) is 35.6. The Balaban J connectivity index is 1.95. The largest absolute Gasteiger partial charge is 0.414 e. The monoisotopic (exact) mass is 330 g/mol. The first-order chi connectivity index (χ1) is 10.1. The zero-order valence-corrected chi connectivity index (χ0v) is 16.3. The van der Waals surface area contributed by atoms with Crippen molar-refractivity contribution < 1.29 is 19.0 Å². The molecule has 2 fully saturated rings. The van der Waals surface area contributed by atoms with Gasteiger partial charge in [0.15, 0.2) is 8.32 Å². The van der Waals surface area contributed by atoms with Gasteiger partial charge in [-0.25, -0.2) is 0 Å². The molecular weight excluding hydrogens is 296 g/mol. The molecular formula is C17H34O4Si. The maximum absolute atomic E-state index is 10.4. The topological polar surface area (TPSA) is 51.2 Å². The Morgan fingerprint density at radius 2 is 1.77 bits per heavy atom. The number of hydrogen-bond donors (Lipinski definition) is 1. The highest BCUT2D eigenvalue weighted by atomic mass is 28.4. The first-order valence-corrected chi connectivity index (χ1v) is 11.7. The number of aliphatic hydroxyl groups is 1. The maximum atomic E-state index is 10.4. The van der Waals surface area contributed by atoms with E-state index in [1.54, 1.807) is 0 Å². The van der Waals surface area contributed by atoms with Crippen LogP contribution in [0, 0.1) is 5.92 Å². The molecule has 0 saturated carbocycles. The average molecular weight is 331 g/mol. The van der Waals surface area contributed by atoms with Gasteiger partial charge >= 0.3 is 0 Å². The molecule has 2 aliphatic rings. The Morgan fingerprint density at radius 3 is 2.32 bits per heavy atom. The summed E-state index contributed by atoms with van der Waals surface area (Å²) in [5, 5.41) is 10.5. The fourth-order valence-corrected chi connectivity index (χ4v) is 5.47. The number of fused-ring (bicyclic) bond motifs is 1. The van der Waals surface area contributed by atoms with Crippen molar-refractivity contribution in [1.82, 2.24) is 0 Å². The van der Waals surface area contributed by atoms with Crippen molar-refractivity contribution in [3.63, 3.8) is 0 Å². The van der Waals surface area contributed by atoms with E-state index in [4.69, 9.17) is 13.9 Å². The van der Waals surface area contributed by atoms with Gasteiger partial charge in [-0.2, -0.15) is 0 Å². The minimum absolute atomic E-state index is 0.0400. The predicted molar refractivity (Wildman–Crippen MR) is 90.5 cm³/mol. The minimum Gasteiger partial charge on any atom is -0.414 e. The van der Waals surface area contributed by atoms with Crippen LogP contribution in [0.5, 0.6) is 0 Å². The molecule has 2 aliphatic heterocycles. The van der Waals surface area contributed by atoms with Crippen molar-refractivity contribution in [2.24, 2.45) is 5.92 Å². The minimum atomic E-state index is -1.89. The smallest absolute Gasteiger partial charge is 0.192 e. The van der Waals surface area contributed by atoms with Crippen LogP contribution in [0.3, 0.4) is 0 Å². The average Bonchev–Trinajstić information content (AvgIpc) is 3.21. The van der Waals surface area contributed by atoms with Crippen LogP contribution in [0.4, 0.5) is 0 Å². The lowest BCUT2D eigenvalue weighted by Crippen LogP contribution is -2.51. The van der Waals surface area contributed by atoms with Crippen LogP contribution >= 0.6 is 0 Å². The standard InChI is InChI=1S/C17H34O4Si/c1-8-9-12-15-16(21-15)14(18)13(20-12)10-19-22(6,7)17(4,5)11(2)3/h11-16,18H,8-10H2,1-7H3/t12-,13-,14-,15-,16+/m1/s1. The van der Waals surface area contributed by atoms with Crippen LogP contribution in [-0.4, -0.2) is 50.6 Å². The van der Waals surface area contributed by atoms with E-state index in [0.29, 0.717) is 12.5 Å². The number of hydrogen-bond acceptors (Lipinski definition) is 4. The summed E-state index contributed by atoms with van der Waals surface area (Å²) in [7, 11) is -1.89. The summed E-state index contributed by atoms with van der Waals surface area (Å²) in [6.45, 7) is 16.3. The highest BCUT2D eigenvalue weighted by Crippen LogP contribution is 2.45. The molecule has 5 atom stereocenters. The lowest BCUT2D eigenvalue weighted by Gasteiger charge is -2.43. The Labute approximate surface area is 136 Å². The molecule has 0 bridgehead atoms. The Morgan fingerprint density at radius 1 is 1.14 bits per heavy atom. The molecule has 5 heteroatoms.